The predicted octanol–water partition coefficient (Wildman–Crippen LogP) is 13.1. The topological polar surface area (TPSA) is 205 Å². The quantitative estimate of drug-likeness (QED) is 0.0629. The Morgan fingerprint density at radius 1 is 0.820 bits per heavy atom. The molecule has 1 saturated heterocycles. The molecule has 5 aromatic carbocycles. The van der Waals surface area contributed by atoms with Gasteiger partial charge in [-0.25, -0.2) is 19.7 Å². The zero-order chi connectivity index (χ0) is 63.7. The molecule has 5 atom stereocenters. The number of carbonyl (C=O) groups excluding carboxylic acids is 5. The van der Waals surface area contributed by atoms with Crippen LogP contribution in [0.5, 0.6) is 11.5 Å². The van der Waals surface area contributed by atoms with E-state index in [0.29, 0.717) is 64.2 Å². The Hall–Kier alpha value is -8.53. The van der Waals surface area contributed by atoms with Crippen LogP contribution in [0.25, 0.3) is 31.8 Å². The maximum Gasteiger partial charge on any atom is 0.392 e. The van der Waals surface area contributed by atoms with E-state index in [0.717, 1.165) is 43.0 Å². The zero-order valence-corrected chi connectivity index (χ0v) is 52.6. The number of nitrogens with one attached hydrogen (secondary N) is 3. The number of aliphatic hydroxyl groups excluding tert-OH is 1. The molecule has 8 aromatic rings. The number of rotatable bonds is 17. The smallest absolute Gasteiger partial charge is 0.392 e. The number of aliphatic hydroxyl groups is 1. The number of para-hydroxylation sites is 1. The summed E-state index contributed by atoms with van der Waals surface area (Å²) in [5.41, 5.74) is 7.85. The number of benzene rings is 5. The maximum absolute atomic E-state index is 14.9. The maximum atomic E-state index is 14.9. The van der Waals surface area contributed by atoms with Crippen molar-refractivity contribution in [1.29, 1.82) is 0 Å². The Bertz CT molecular complexity index is 3920. The van der Waals surface area contributed by atoms with Crippen LogP contribution in [-0.2, 0) is 38.5 Å². The van der Waals surface area contributed by atoms with Crippen LogP contribution in [0, 0.1) is 25.2 Å². The Morgan fingerprint density at radius 3 is 2.24 bits per heavy atom. The van der Waals surface area contributed by atoms with Crippen LogP contribution in [0.1, 0.15) is 122 Å². The van der Waals surface area contributed by atoms with Crippen molar-refractivity contribution >= 4 is 73.4 Å². The SMILES string of the molecule is Cc1ncsc1-c1ccc(C(C)NC(=O)[C@@H]2C[C@@H](O)CN2C(=O)C(NC(=O)CC(Cc2ccc(Oc3cccc(-c4ccc(N5CCc6cccc(C(=O)Nc7nc8ccccc8s7)c6C5)nc4C(=O)OC(C)(C)C)c3C)cc2)C(F)(F)F)C(C)(C)C)cc1. The molecule has 1 fully saturated rings. The number of amides is 4. The number of nitrogens with zero attached hydrogens (tertiary/aromatic N) is 5. The number of aromatic nitrogens is 3. The second-order valence-corrected chi connectivity index (χ2v) is 26.7. The third-order valence-electron chi connectivity index (χ3n) is 16.0. The summed E-state index contributed by atoms with van der Waals surface area (Å²) in [6.07, 6.45) is -6.85. The van der Waals surface area contributed by atoms with Gasteiger partial charge in [0.15, 0.2) is 10.8 Å². The summed E-state index contributed by atoms with van der Waals surface area (Å²) in [7, 11) is 0. The number of esters is 1. The van der Waals surface area contributed by atoms with E-state index in [1.165, 1.54) is 51.8 Å². The van der Waals surface area contributed by atoms with Crippen molar-refractivity contribution < 1.29 is 51.7 Å². The Kier molecular flexibility index (Phi) is 18.5. The molecule has 3 unspecified atom stereocenters. The van der Waals surface area contributed by atoms with Crippen molar-refractivity contribution in [2.24, 2.45) is 11.3 Å². The third kappa shape index (κ3) is 14.8. The van der Waals surface area contributed by atoms with Crippen LogP contribution < -0.4 is 25.6 Å². The molecule has 464 valence electrons. The number of halogens is 3. The Labute approximate surface area is 522 Å². The van der Waals surface area contributed by atoms with Crippen LogP contribution in [-0.4, -0.2) is 97.6 Å². The molecule has 0 spiro atoms. The van der Waals surface area contributed by atoms with Gasteiger partial charge in [0.1, 0.15) is 35.0 Å². The van der Waals surface area contributed by atoms with E-state index in [9.17, 15) is 42.3 Å². The number of aryl methyl sites for hydroxylation is 1. The van der Waals surface area contributed by atoms with Gasteiger partial charge in [-0.1, -0.05) is 105 Å². The molecule has 0 bridgehead atoms. The fourth-order valence-corrected chi connectivity index (χ4v) is 13.0. The minimum absolute atomic E-state index is 0.0646. The summed E-state index contributed by atoms with van der Waals surface area (Å²) in [5.74, 6) is -4.06. The molecule has 89 heavy (non-hydrogen) atoms. The number of carbonyl (C=O) groups is 5. The number of alkyl halides is 3. The lowest BCUT2D eigenvalue weighted by Gasteiger charge is -2.36. The molecule has 16 nitrogen and oxygen atoms in total. The standard InChI is InChI=1S/C68H71F3N8O8S2/c1-38-48(49-28-29-56(75-58(49)64(85)87-67(7,8)9)78-31-30-43-14-12-16-50(51(43)36-78)61(82)77-65-74-52-17-10-11-19-55(52)89-65)15-13-18-54(38)86-47-26-20-41(21-27-47)32-45(68(69,70)71)33-57(81)76-60(66(4,5)6)63(84)79-35-46(80)34-53(79)62(83)73-39(2)42-22-24-44(25-23-42)59-40(3)72-37-88-59/h10-29,37,39,45-46,53,60,80H,30-36H2,1-9H3,(H,73,83)(H,76,81)(H,74,77,82)/t39?,45?,46-,53+,60?/m1/s1. The second kappa shape index (κ2) is 25.9. The van der Waals surface area contributed by atoms with Gasteiger partial charge in [-0.2, -0.15) is 13.2 Å². The number of anilines is 2. The largest absolute Gasteiger partial charge is 0.457 e. The summed E-state index contributed by atoms with van der Waals surface area (Å²) >= 11 is 2.92. The number of β-amino-alcohol motifs (C(OH)–C–C–N with tert-alkyl or cyclic N) is 1. The highest BCUT2D eigenvalue weighted by Gasteiger charge is 2.46. The van der Waals surface area contributed by atoms with E-state index in [1.807, 2.05) is 97.6 Å². The van der Waals surface area contributed by atoms with Crippen molar-refractivity contribution in [3.63, 3.8) is 0 Å². The van der Waals surface area contributed by atoms with Crippen molar-refractivity contribution in [1.82, 2.24) is 30.5 Å². The summed E-state index contributed by atoms with van der Waals surface area (Å²) in [6.45, 7) is 16.6. The summed E-state index contributed by atoms with van der Waals surface area (Å²) < 4.78 is 57.9. The van der Waals surface area contributed by atoms with Gasteiger partial charge in [-0.3, -0.25) is 24.5 Å². The number of hydrogen-bond donors (Lipinski definition) is 4. The average molecular weight is 1250 g/mol. The number of ether oxygens (including phenoxy) is 2. The number of likely N-dealkylation sites (tertiary alicyclic amines) is 1. The summed E-state index contributed by atoms with van der Waals surface area (Å²) in [5, 5.41) is 19.8. The first kappa shape index (κ1) is 63.5. The molecular weight excluding hydrogens is 1180 g/mol. The lowest BCUT2D eigenvalue weighted by atomic mass is 9.85. The zero-order valence-electron chi connectivity index (χ0n) is 51.0. The first-order chi connectivity index (χ1) is 42.2. The normalized spacial score (nSPS) is 16.3. The highest BCUT2D eigenvalue weighted by atomic mass is 32.1. The molecule has 21 heteroatoms. The first-order valence-electron chi connectivity index (χ1n) is 29.5. The van der Waals surface area contributed by atoms with Gasteiger partial charge in [0.25, 0.3) is 5.91 Å². The van der Waals surface area contributed by atoms with Crippen LogP contribution in [0.4, 0.5) is 24.1 Å². The van der Waals surface area contributed by atoms with Gasteiger partial charge in [-0.15, -0.1) is 11.3 Å². The highest BCUT2D eigenvalue weighted by Crippen LogP contribution is 2.39. The van der Waals surface area contributed by atoms with Gasteiger partial charge < -0.3 is 35.0 Å². The fourth-order valence-electron chi connectivity index (χ4n) is 11.3. The van der Waals surface area contributed by atoms with Crippen LogP contribution in [0.3, 0.4) is 0 Å². The minimum Gasteiger partial charge on any atom is -0.457 e. The average Bonchev–Trinajstić information content (AvgIpc) is 2.90. The Balaban J connectivity index is 0.801. The van der Waals surface area contributed by atoms with Gasteiger partial charge in [0.2, 0.25) is 17.7 Å². The third-order valence-corrected chi connectivity index (χ3v) is 17.9. The van der Waals surface area contributed by atoms with E-state index in [-0.39, 0.29) is 30.1 Å². The molecule has 10 rings (SSSR count). The van der Waals surface area contributed by atoms with E-state index in [4.69, 9.17) is 14.5 Å². The van der Waals surface area contributed by atoms with Crippen molar-refractivity contribution in [2.45, 2.75) is 131 Å². The van der Waals surface area contributed by atoms with Crippen molar-refractivity contribution in [3.8, 4) is 33.1 Å². The molecule has 5 heterocycles. The van der Waals surface area contributed by atoms with Crippen LogP contribution in [0.2, 0.25) is 0 Å². The first-order valence-corrected chi connectivity index (χ1v) is 31.2. The van der Waals surface area contributed by atoms with Gasteiger partial charge >= 0.3 is 12.1 Å². The number of hydrogen-bond acceptors (Lipinski definition) is 14. The van der Waals surface area contributed by atoms with E-state index in [2.05, 4.69) is 25.9 Å². The Morgan fingerprint density at radius 2 is 1.55 bits per heavy atom. The molecule has 4 amide bonds. The number of pyridine rings is 1. The second-order valence-electron chi connectivity index (χ2n) is 24.8. The van der Waals surface area contributed by atoms with Crippen molar-refractivity contribution in [2.75, 3.05) is 23.3 Å². The van der Waals surface area contributed by atoms with Crippen LogP contribution in [0.15, 0.2) is 127 Å². The molecule has 3 aromatic heterocycles. The molecule has 0 aliphatic carbocycles. The van der Waals surface area contributed by atoms with Gasteiger partial charge in [0, 0.05) is 43.6 Å². The van der Waals surface area contributed by atoms with E-state index in [1.54, 1.807) is 72.2 Å². The fraction of sp³-hybridized carbons (Fsp3) is 0.353. The number of thiazole rings is 2. The monoisotopic (exact) mass is 1250 g/mol. The molecule has 0 radical (unpaired) electrons. The lowest BCUT2D eigenvalue weighted by Crippen LogP contribution is -2.58. The molecule has 0 saturated carbocycles. The van der Waals surface area contributed by atoms with Gasteiger partial charge in [-0.05, 0) is 147 Å². The van der Waals surface area contributed by atoms with E-state index >= 15 is 0 Å². The van der Waals surface area contributed by atoms with Crippen molar-refractivity contribution in [3.05, 3.63) is 172 Å². The molecular formula is C68H71F3N8O8S2. The minimum atomic E-state index is -4.81. The summed E-state index contributed by atoms with van der Waals surface area (Å²) in [6, 6.07) is 33.2. The highest BCUT2D eigenvalue weighted by molar-refractivity contribution is 7.22. The predicted molar refractivity (Wildman–Crippen MR) is 339 cm³/mol. The van der Waals surface area contributed by atoms with Gasteiger partial charge in [0.05, 0.1) is 44.4 Å². The summed E-state index contributed by atoms with van der Waals surface area (Å²) in [4.78, 5) is 88.1. The van der Waals surface area contributed by atoms with E-state index < -0.39 is 83.9 Å². The molecule has 2 aliphatic rings. The van der Waals surface area contributed by atoms with Crippen LogP contribution >= 0.6 is 22.7 Å². The number of fused-ring (bicyclic) bond motifs is 2. The lowest BCUT2D eigenvalue weighted by molar-refractivity contribution is -0.179. The molecule has 2 aliphatic heterocycles. The molecule has 4 N–H and O–H groups in total.